The summed E-state index contributed by atoms with van der Waals surface area (Å²) in [5, 5.41) is 6.93. The van der Waals surface area contributed by atoms with Gasteiger partial charge in [-0.1, -0.05) is 39.0 Å². The fourth-order valence-electron chi connectivity index (χ4n) is 3.11. The molecule has 7 heteroatoms. The van der Waals surface area contributed by atoms with Crippen molar-refractivity contribution in [3.63, 3.8) is 0 Å². The molecule has 1 heterocycles. The largest absolute Gasteiger partial charge is 0.483 e. The third kappa shape index (κ3) is 5.03. The Kier molecular flexibility index (Phi) is 6.20. The molecular weight excluding hydrogens is 388 g/mol. The SMILES string of the molecule is Cc1cnn(Cc2cc(F)ccc2F)c1NC(=O)COc1ccccc1C(C)(C)C. The zero-order chi connectivity index (χ0) is 21.9. The van der Waals surface area contributed by atoms with Gasteiger partial charge >= 0.3 is 0 Å². The lowest BCUT2D eigenvalue weighted by atomic mass is 9.86. The van der Waals surface area contributed by atoms with Crippen LogP contribution in [0.1, 0.15) is 37.5 Å². The molecule has 0 atom stereocenters. The lowest BCUT2D eigenvalue weighted by Crippen LogP contribution is -2.24. The molecule has 0 spiro atoms. The maximum absolute atomic E-state index is 14.0. The highest BCUT2D eigenvalue weighted by molar-refractivity contribution is 5.91. The van der Waals surface area contributed by atoms with Crippen LogP contribution in [0.25, 0.3) is 0 Å². The Hall–Kier alpha value is -3.22. The summed E-state index contributed by atoms with van der Waals surface area (Å²) in [6, 6.07) is 10.8. The number of carbonyl (C=O) groups excluding carboxylic acids is 1. The van der Waals surface area contributed by atoms with E-state index >= 15 is 0 Å². The van der Waals surface area contributed by atoms with Crippen LogP contribution in [-0.2, 0) is 16.8 Å². The predicted molar refractivity (Wildman–Crippen MR) is 112 cm³/mol. The first-order valence-electron chi connectivity index (χ1n) is 9.63. The Bertz CT molecular complexity index is 1050. The minimum Gasteiger partial charge on any atom is -0.483 e. The van der Waals surface area contributed by atoms with Gasteiger partial charge in [0, 0.05) is 11.1 Å². The minimum absolute atomic E-state index is 0.0131. The van der Waals surface area contributed by atoms with E-state index in [-0.39, 0.29) is 30.0 Å². The fourth-order valence-corrected chi connectivity index (χ4v) is 3.11. The number of hydrogen-bond donors (Lipinski definition) is 1. The quantitative estimate of drug-likeness (QED) is 0.630. The Morgan fingerprint density at radius 1 is 1.17 bits per heavy atom. The zero-order valence-corrected chi connectivity index (χ0v) is 17.5. The number of rotatable bonds is 6. The van der Waals surface area contributed by atoms with Gasteiger partial charge in [0.15, 0.2) is 6.61 Å². The summed E-state index contributed by atoms with van der Waals surface area (Å²) in [5.74, 6) is -0.386. The van der Waals surface area contributed by atoms with E-state index in [4.69, 9.17) is 4.74 Å². The van der Waals surface area contributed by atoms with Crippen molar-refractivity contribution in [1.82, 2.24) is 9.78 Å². The fraction of sp³-hybridized carbons (Fsp3) is 0.304. The first-order chi connectivity index (χ1) is 14.1. The molecule has 0 bridgehead atoms. The standard InChI is InChI=1S/C23H25F2N3O2/c1-15-12-26-28(13-16-11-17(24)9-10-19(16)25)22(15)27-21(29)14-30-20-8-6-5-7-18(20)23(2,3)4/h5-12H,13-14H2,1-4H3,(H,27,29). The molecule has 3 rings (SSSR count). The van der Waals surface area contributed by atoms with Crippen molar-refractivity contribution >= 4 is 11.7 Å². The van der Waals surface area contributed by atoms with E-state index < -0.39 is 11.6 Å². The average molecular weight is 413 g/mol. The van der Waals surface area contributed by atoms with Crippen molar-refractivity contribution < 1.29 is 18.3 Å². The number of nitrogens with zero attached hydrogens (tertiary/aromatic N) is 2. The predicted octanol–water partition coefficient (Wildman–Crippen LogP) is 4.83. The molecule has 1 N–H and O–H groups in total. The average Bonchev–Trinajstić information content (AvgIpc) is 3.02. The van der Waals surface area contributed by atoms with Gasteiger partial charge in [-0.25, -0.2) is 13.5 Å². The monoisotopic (exact) mass is 413 g/mol. The molecule has 0 unspecified atom stereocenters. The molecule has 1 amide bonds. The molecule has 3 aromatic rings. The molecule has 0 aliphatic rings. The summed E-state index contributed by atoms with van der Waals surface area (Å²) in [5.41, 5.74) is 1.72. The van der Waals surface area contributed by atoms with E-state index in [1.807, 2.05) is 24.3 Å². The summed E-state index contributed by atoms with van der Waals surface area (Å²) in [7, 11) is 0. The number of ether oxygens (including phenoxy) is 1. The van der Waals surface area contributed by atoms with Crippen LogP contribution in [-0.4, -0.2) is 22.3 Å². The molecule has 1 aromatic heterocycles. The van der Waals surface area contributed by atoms with Crippen LogP contribution >= 0.6 is 0 Å². The maximum atomic E-state index is 14.0. The molecule has 0 radical (unpaired) electrons. The van der Waals surface area contributed by atoms with E-state index in [0.717, 1.165) is 23.8 Å². The van der Waals surface area contributed by atoms with Crippen LogP contribution in [0.4, 0.5) is 14.6 Å². The third-order valence-corrected chi connectivity index (χ3v) is 4.66. The number of aryl methyl sites for hydroxylation is 1. The summed E-state index contributed by atoms with van der Waals surface area (Å²) in [6.07, 6.45) is 1.56. The summed E-state index contributed by atoms with van der Waals surface area (Å²) in [4.78, 5) is 12.5. The van der Waals surface area contributed by atoms with Crippen LogP contribution < -0.4 is 10.1 Å². The van der Waals surface area contributed by atoms with Gasteiger partial charge in [-0.15, -0.1) is 0 Å². The van der Waals surface area contributed by atoms with Gasteiger partial charge in [0.1, 0.15) is 23.2 Å². The highest BCUT2D eigenvalue weighted by atomic mass is 19.1. The highest BCUT2D eigenvalue weighted by Crippen LogP contribution is 2.31. The lowest BCUT2D eigenvalue weighted by molar-refractivity contribution is -0.118. The third-order valence-electron chi connectivity index (χ3n) is 4.66. The van der Waals surface area contributed by atoms with Crippen LogP contribution in [0.3, 0.4) is 0 Å². The number of carbonyl (C=O) groups is 1. The second-order valence-electron chi connectivity index (χ2n) is 8.15. The zero-order valence-electron chi connectivity index (χ0n) is 17.5. The van der Waals surface area contributed by atoms with Gasteiger partial charge in [0.25, 0.3) is 5.91 Å². The molecular formula is C23H25F2N3O2. The Morgan fingerprint density at radius 3 is 2.63 bits per heavy atom. The van der Waals surface area contributed by atoms with Gasteiger partial charge in [-0.2, -0.15) is 5.10 Å². The molecule has 0 aliphatic carbocycles. The second-order valence-corrected chi connectivity index (χ2v) is 8.15. The first-order valence-corrected chi connectivity index (χ1v) is 9.63. The van der Waals surface area contributed by atoms with Crippen molar-refractivity contribution in [2.24, 2.45) is 0 Å². The number of aromatic nitrogens is 2. The van der Waals surface area contributed by atoms with Crippen molar-refractivity contribution in [1.29, 1.82) is 0 Å². The number of amides is 1. The van der Waals surface area contributed by atoms with E-state index in [9.17, 15) is 13.6 Å². The first kappa shape index (κ1) is 21.5. The topological polar surface area (TPSA) is 56.2 Å². The summed E-state index contributed by atoms with van der Waals surface area (Å²) >= 11 is 0. The second kappa shape index (κ2) is 8.65. The van der Waals surface area contributed by atoms with Crippen LogP contribution in [0.2, 0.25) is 0 Å². The van der Waals surface area contributed by atoms with Crippen LogP contribution in [0.15, 0.2) is 48.7 Å². The number of nitrogens with one attached hydrogen (secondary N) is 1. The number of para-hydroxylation sites is 1. The number of halogens is 2. The van der Waals surface area contributed by atoms with Crippen molar-refractivity contribution in [3.8, 4) is 5.75 Å². The maximum Gasteiger partial charge on any atom is 0.263 e. The van der Waals surface area contributed by atoms with E-state index in [1.165, 1.54) is 4.68 Å². The molecule has 5 nitrogen and oxygen atoms in total. The summed E-state index contributed by atoms with van der Waals surface area (Å²) < 4.78 is 34.6. The van der Waals surface area contributed by atoms with Gasteiger partial charge in [-0.05, 0) is 42.2 Å². The minimum atomic E-state index is -0.538. The number of anilines is 1. The Morgan fingerprint density at radius 2 is 1.90 bits per heavy atom. The van der Waals surface area contributed by atoms with E-state index in [0.29, 0.717) is 17.1 Å². The molecule has 0 saturated heterocycles. The van der Waals surface area contributed by atoms with E-state index in [1.54, 1.807) is 13.1 Å². The summed E-state index contributed by atoms with van der Waals surface area (Å²) in [6.45, 7) is 7.79. The Labute approximate surface area is 174 Å². The van der Waals surface area contributed by atoms with Crippen molar-refractivity contribution in [3.05, 3.63) is 77.0 Å². The smallest absolute Gasteiger partial charge is 0.263 e. The molecule has 0 fully saturated rings. The molecule has 30 heavy (non-hydrogen) atoms. The molecule has 0 aliphatic heterocycles. The Balaban J connectivity index is 1.71. The van der Waals surface area contributed by atoms with Gasteiger partial charge in [-0.3, -0.25) is 4.79 Å². The van der Waals surface area contributed by atoms with Gasteiger partial charge < -0.3 is 10.1 Å². The highest BCUT2D eigenvalue weighted by Gasteiger charge is 2.19. The van der Waals surface area contributed by atoms with E-state index in [2.05, 4.69) is 31.2 Å². The van der Waals surface area contributed by atoms with Crippen LogP contribution in [0.5, 0.6) is 5.75 Å². The number of benzene rings is 2. The van der Waals surface area contributed by atoms with Crippen molar-refractivity contribution in [2.75, 3.05) is 11.9 Å². The molecule has 158 valence electrons. The number of hydrogen-bond acceptors (Lipinski definition) is 3. The molecule has 0 saturated carbocycles. The van der Waals surface area contributed by atoms with Gasteiger partial charge in [0.2, 0.25) is 0 Å². The van der Waals surface area contributed by atoms with Gasteiger partial charge in [0.05, 0.1) is 12.7 Å². The molecule has 2 aromatic carbocycles. The lowest BCUT2D eigenvalue weighted by Gasteiger charge is -2.22. The normalized spacial score (nSPS) is 11.4. The van der Waals surface area contributed by atoms with Crippen molar-refractivity contribution in [2.45, 2.75) is 39.7 Å². The van der Waals surface area contributed by atoms with Crippen LogP contribution in [0, 0.1) is 18.6 Å².